The predicted octanol–water partition coefficient (Wildman–Crippen LogP) is 3.71. The summed E-state index contributed by atoms with van der Waals surface area (Å²) in [6, 6.07) is 9.94. The summed E-state index contributed by atoms with van der Waals surface area (Å²) in [6.07, 6.45) is 0. The van der Waals surface area contributed by atoms with Crippen molar-refractivity contribution >= 4 is 28.4 Å². The lowest BCUT2D eigenvalue weighted by Gasteiger charge is -2.16. The first-order valence-electron chi connectivity index (χ1n) is 5.29. The van der Waals surface area contributed by atoms with E-state index in [1.807, 2.05) is 18.2 Å². The molecule has 2 nitrogen and oxygen atoms in total. The predicted molar refractivity (Wildman–Crippen MR) is 71.8 cm³/mol. The fourth-order valence-electron chi connectivity index (χ4n) is 1.50. The third kappa shape index (κ3) is 2.67. The molecule has 0 fully saturated rings. The molecule has 84 valence electrons. The van der Waals surface area contributed by atoms with Gasteiger partial charge in [0.2, 0.25) is 0 Å². The Hall–Kier alpha value is -1.22. The zero-order chi connectivity index (χ0) is 11.8. The molecule has 0 spiro atoms. The molecule has 2 rings (SSSR count). The Morgan fingerprint density at radius 2 is 1.88 bits per heavy atom. The molecule has 0 bridgehead atoms. The van der Waals surface area contributed by atoms with Gasteiger partial charge >= 0.3 is 0 Å². The summed E-state index contributed by atoms with van der Waals surface area (Å²) >= 11 is 1.78. The van der Waals surface area contributed by atoms with Crippen molar-refractivity contribution in [2.75, 3.05) is 5.73 Å². The Kier molecular flexibility index (Phi) is 2.80. The zero-order valence-electron chi connectivity index (χ0n) is 9.82. The van der Waals surface area contributed by atoms with Gasteiger partial charge in [0.15, 0.2) is 0 Å². The number of aromatic nitrogens is 1. The number of anilines is 1. The van der Waals surface area contributed by atoms with Crippen LogP contribution >= 0.6 is 11.8 Å². The van der Waals surface area contributed by atoms with E-state index in [0.717, 1.165) is 21.6 Å². The molecule has 0 atom stereocenters. The van der Waals surface area contributed by atoms with Crippen molar-refractivity contribution in [3.8, 4) is 0 Å². The molecule has 2 N–H and O–H groups in total. The van der Waals surface area contributed by atoms with Crippen LogP contribution in [-0.2, 0) is 0 Å². The number of nitrogens with zero attached hydrogens (tertiary/aromatic N) is 1. The highest BCUT2D eigenvalue weighted by atomic mass is 32.2. The van der Waals surface area contributed by atoms with E-state index in [9.17, 15) is 0 Å². The largest absolute Gasteiger partial charge is 0.399 e. The molecule has 0 radical (unpaired) electrons. The summed E-state index contributed by atoms with van der Waals surface area (Å²) in [5, 5.41) is 2.16. The minimum atomic E-state index is 0.189. The molecule has 0 aliphatic heterocycles. The number of fused-ring (bicyclic) bond motifs is 1. The third-order valence-electron chi connectivity index (χ3n) is 2.10. The van der Waals surface area contributed by atoms with Gasteiger partial charge in [-0.25, -0.2) is 4.98 Å². The fraction of sp³-hybridized carbons (Fsp3) is 0.308. The maximum Gasteiger partial charge on any atom is 0.0972 e. The van der Waals surface area contributed by atoms with Crippen LogP contribution < -0.4 is 5.73 Å². The van der Waals surface area contributed by atoms with Crippen LogP contribution in [0, 0.1) is 0 Å². The van der Waals surface area contributed by atoms with Gasteiger partial charge in [0, 0.05) is 15.8 Å². The number of rotatable bonds is 1. The maximum atomic E-state index is 5.73. The molecule has 0 aliphatic rings. The molecule has 0 unspecified atom stereocenters. The second kappa shape index (κ2) is 3.98. The topological polar surface area (TPSA) is 38.9 Å². The van der Waals surface area contributed by atoms with E-state index in [2.05, 4.69) is 37.9 Å². The number of benzene rings is 1. The van der Waals surface area contributed by atoms with Gasteiger partial charge in [-0.05, 0) is 24.3 Å². The minimum absolute atomic E-state index is 0.189. The van der Waals surface area contributed by atoms with Gasteiger partial charge < -0.3 is 5.73 Å². The molecule has 16 heavy (non-hydrogen) atoms. The quantitative estimate of drug-likeness (QED) is 0.602. The van der Waals surface area contributed by atoms with E-state index >= 15 is 0 Å². The van der Waals surface area contributed by atoms with E-state index in [1.54, 1.807) is 11.8 Å². The number of hydrogen-bond donors (Lipinski definition) is 1. The smallest absolute Gasteiger partial charge is 0.0972 e. The third-order valence-corrected chi connectivity index (χ3v) is 3.15. The van der Waals surface area contributed by atoms with Crippen LogP contribution in [0.25, 0.3) is 10.9 Å². The van der Waals surface area contributed by atoms with E-state index in [4.69, 9.17) is 5.73 Å². The summed E-state index contributed by atoms with van der Waals surface area (Å²) in [5.41, 5.74) is 7.52. The van der Waals surface area contributed by atoms with Crippen LogP contribution in [-0.4, -0.2) is 9.73 Å². The molecule has 1 aromatic carbocycles. The van der Waals surface area contributed by atoms with E-state index in [1.165, 1.54) is 0 Å². The highest BCUT2D eigenvalue weighted by Gasteiger charge is 2.13. The van der Waals surface area contributed by atoms with Gasteiger partial charge in [-0.15, -0.1) is 11.8 Å². The van der Waals surface area contributed by atoms with Crippen LogP contribution in [0.1, 0.15) is 20.8 Å². The summed E-state index contributed by atoms with van der Waals surface area (Å²) in [5.74, 6) is 0. The highest BCUT2D eigenvalue weighted by Crippen LogP contribution is 2.31. The van der Waals surface area contributed by atoms with Gasteiger partial charge in [0.25, 0.3) is 0 Å². The number of nitrogens with two attached hydrogens (primary N) is 1. The molecule has 3 heteroatoms. The standard InChI is InChI=1S/C13H16N2S/c1-13(2,3)16-12-7-4-9-8-10(14)5-6-11(9)15-12/h4-8H,14H2,1-3H3. The van der Waals surface area contributed by atoms with Gasteiger partial charge in [-0.2, -0.15) is 0 Å². The van der Waals surface area contributed by atoms with Gasteiger partial charge in [0.1, 0.15) is 0 Å². The molecule has 0 saturated carbocycles. The van der Waals surface area contributed by atoms with E-state index < -0.39 is 0 Å². The number of hydrogen-bond acceptors (Lipinski definition) is 3. The van der Waals surface area contributed by atoms with Crippen LogP contribution in [0.2, 0.25) is 0 Å². The highest BCUT2D eigenvalue weighted by molar-refractivity contribution is 8.00. The van der Waals surface area contributed by atoms with Crippen LogP contribution in [0.3, 0.4) is 0 Å². The molecule has 0 aliphatic carbocycles. The fourth-order valence-corrected chi connectivity index (χ4v) is 2.40. The van der Waals surface area contributed by atoms with Crippen molar-refractivity contribution in [3.05, 3.63) is 30.3 Å². The Bertz CT molecular complexity index is 515. The average Bonchev–Trinajstić information content (AvgIpc) is 2.16. The normalized spacial score (nSPS) is 11.9. The number of thioether (sulfide) groups is 1. The SMILES string of the molecule is CC(C)(C)Sc1ccc2cc(N)ccc2n1. The molecule has 1 aromatic heterocycles. The lowest BCUT2D eigenvalue weighted by Crippen LogP contribution is -2.07. The van der Waals surface area contributed by atoms with Crippen molar-refractivity contribution in [1.82, 2.24) is 4.98 Å². The molecular weight excluding hydrogens is 216 g/mol. The molecule has 2 aromatic rings. The van der Waals surface area contributed by atoms with Gasteiger partial charge in [-0.3, -0.25) is 0 Å². The number of pyridine rings is 1. The van der Waals surface area contributed by atoms with Crippen molar-refractivity contribution in [1.29, 1.82) is 0 Å². The Balaban J connectivity index is 2.41. The first-order chi connectivity index (χ1) is 7.44. The Labute approximate surface area is 100 Å². The molecule has 0 amide bonds. The summed E-state index contributed by atoms with van der Waals surface area (Å²) in [4.78, 5) is 4.61. The molecule has 1 heterocycles. The summed E-state index contributed by atoms with van der Waals surface area (Å²) in [7, 11) is 0. The van der Waals surface area contributed by atoms with Crippen molar-refractivity contribution in [3.63, 3.8) is 0 Å². The second-order valence-electron chi connectivity index (χ2n) is 4.82. The summed E-state index contributed by atoms with van der Waals surface area (Å²) < 4.78 is 0.189. The lowest BCUT2D eigenvalue weighted by molar-refractivity contribution is 0.800. The van der Waals surface area contributed by atoms with Crippen LogP contribution in [0.15, 0.2) is 35.4 Å². The zero-order valence-corrected chi connectivity index (χ0v) is 10.6. The minimum Gasteiger partial charge on any atom is -0.399 e. The Morgan fingerprint density at radius 1 is 1.12 bits per heavy atom. The number of nitrogen functional groups attached to an aromatic ring is 1. The summed E-state index contributed by atoms with van der Waals surface area (Å²) in [6.45, 7) is 6.56. The maximum absolute atomic E-state index is 5.73. The first kappa shape index (κ1) is 11.3. The average molecular weight is 232 g/mol. The van der Waals surface area contributed by atoms with E-state index in [-0.39, 0.29) is 4.75 Å². The van der Waals surface area contributed by atoms with Crippen LogP contribution in [0.4, 0.5) is 5.69 Å². The Morgan fingerprint density at radius 3 is 2.56 bits per heavy atom. The van der Waals surface area contributed by atoms with Crippen molar-refractivity contribution in [2.24, 2.45) is 0 Å². The second-order valence-corrected chi connectivity index (χ2v) is 6.66. The van der Waals surface area contributed by atoms with Crippen LogP contribution in [0.5, 0.6) is 0 Å². The molecule has 0 saturated heterocycles. The van der Waals surface area contributed by atoms with Gasteiger partial charge in [-0.1, -0.05) is 26.8 Å². The van der Waals surface area contributed by atoms with Crippen molar-refractivity contribution < 1.29 is 0 Å². The molecular formula is C13H16N2S. The van der Waals surface area contributed by atoms with Crippen molar-refractivity contribution in [2.45, 2.75) is 30.5 Å². The first-order valence-corrected chi connectivity index (χ1v) is 6.11. The monoisotopic (exact) mass is 232 g/mol. The lowest BCUT2D eigenvalue weighted by atomic mass is 10.2. The van der Waals surface area contributed by atoms with E-state index in [0.29, 0.717) is 0 Å². The van der Waals surface area contributed by atoms with Gasteiger partial charge in [0.05, 0.1) is 10.5 Å².